The Hall–Kier alpha value is -2.37. The van der Waals surface area contributed by atoms with Gasteiger partial charge in [0.15, 0.2) is 0 Å². The molecule has 6 nitrogen and oxygen atoms in total. The van der Waals surface area contributed by atoms with Gasteiger partial charge in [0.05, 0.1) is 5.56 Å². The molecule has 0 saturated heterocycles. The van der Waals surface area contributed by atoms with E-state index in [9.17, 15) is 14.7 Å². The molecule has 0 spiro atoms. The summed E-state index contributed by atoms with van der Waals surface area (Å²) in [5, 5.41) is 11.9. The number of hydrogen-bond donors (Lipinski definition) is 2. The Balaban J connectivity index is 2.08. The van der Waals surface area contributed by atoms with Crippen molar-refractivity contribution in [3.8, 4) is 0 Å². The zero-order valence-corrected chi connectivity index (χ0v) is 13.0. The van der Waals surface area contributed by atoms with Crippen molar-refractivity contribution in [1.29, 1.82) is 0 Å². The number of amides is 1. The van der Waals surface area contributed by atoms with Gasteiger partial charge in [0.1, 0.15) is 11.7 Å². The molecule has 0 aromatic carbocycles. The molecule has 1 unspecified atom stereocenters. The number of carbonyl (C=O) groups excluding carboxylic acids is 1. The molecule has 2 aromatic heterocycles. The number of aromatic nitrogens is 2. The molecule has 1 amide bonds. The van der Waals surface area contributed by atoms with Gasteiger partial charge in [-0.05, 0) is 30.4 Å². The van der Waals surface area contributed by atoms with E-state index in [4.69, 9.17) is 0 Å². The summed E-state index contributed by atoms with van der Waals surface area (Å²) in [5.41, 5.74) is 1.17. The molecule has 22 heavy (non-hydrogen) atoms. The van der Waals surface area contributed by atoms with Gasteiger partial charge in [0, 0.05) is 18.6 Å². The van der Waals surface area contributed by atoms with E-state index < -0.39 is 17.9 Å². The molecule has 2 N–H and O–H groups in total. The quantitative estimate of drug-likeness (QED) is 0.888. The first-order chi connectivity index (χ1) is 10.3. The van der Waals surface area contributed by atoms with E-state index in [2.05, 4.69) is 10.3 Å². The Morgan fingerprint density at radius 3 is 2.73 bits per heavy atom. The van der Waals surface area contributed by atoms with Crippen LogP contribution in [0, 0.1) is 5.41 Å². The van der Waals surface area contributed by atoms with Gasteiger partial charge >= 0.3 is 5.97 Å². The van der Waals surface area contributed by atoms with Crippen molar-refractivity contribution in [2.24, 2.45) is 5.41 Å². The van der Waals surface area contributed by atoms with Crippen molar-refractivity contribution < 1.29 is 14.7 Å². The summed E-state index contributed by atoms with van der Waals surface area (Å²) in [5.74, 6) is -1.40. The second kappa shape index (κ2) is 6.17. The first kappa shape index (κ1) is 16.0. The van der Waals surface area contributed by atoms with E-state index in [1.165, 1.54) is 0 Å². The lowest BCUT2D eigenvalue weighted by Gasteiger charge is -2.21. The van der Waals surface area contributed by atoms with Crippen LogP contribution in [0.15, 0.2) is 30.7 Å². The third-order valence-corrected chi connectivity index (χ3v) is 3.44. The molecule has 0 radical (unpaired) electrons. The van der Waals surface area contributed by atoms with Crippen LogP contribution in [0.4, 0.5) is 0 Å². The lowest BCUT2D eigenvalue weighted by molar-refractivity contribution is -0.139. The minimum Gasteiger partial charge on any atom is -0.480 e. The number of carbonyl (C=O) groups is 2. The fraction of sp³-hybridized carbons (Fsp3) is 0.438. The second-order valence-electron chi connectivity index (χ2n) is 6.57. The number of carboxylic acids is 1. The fourth-order valence-electron chi connectivity index (χ4n) is 2.13. The van der Waals surface area contributed by atoms with Gasteiger partial charge in [-0.3, -0.25) is 4.79 Å². The summed E-state index contributed by atoms with van der Waals surface area (Å²) in [4.78, 5) is 27.7. The Kier molecular flexibility index (Phi) is 4.49. The standard InChI is InChI=1S/C16H21N3O3/c1-16(2,3)7-6-12(15(21)22)18-14(20)11-4-5-13-17-8-9-19(13)10-11/h4-5,8-10,12H,6-7H2,1-3H3,(H,18,20)(H,21,22). The summed E-state index contributed by atoms with van der Waals surface area (Å²) in [6.45, 7) is 6.13. The summed E-state index contributed by atoms with van der Waals surface area (Å²) in [6.07, 6.45) is 6.13. The van der Waals surface area contributed by atoms with Gasteiger partial charge < -0.3 is 14.8 Å². The highest BCUT2D eigenvalue weighted by molar-refractivity contribution is 5.96. The zero-order valence-electron chi connectivity index (χ0n) is 13.0. The van der Waals surface area contributed by atoms with Crippen LogP contribution in [0.1, 0.15) is 44.0 Å². The monoisotopic (exact) mass is 303 g/mol. The average molecular weight is 303 g/mol. The zero-order chi connectivity index (χ0) is 16.3. The maximum absolute atomic E-state index is 12.2. The number of rotatable bonds is 5. The van der Waals surface area contributed by atoms with E-state index in [0.717, 1.165) is 5.65 Å². The molecule has 6 heteroatoms. The average Bonchev–Trinajstić information content (AvgIpc) is 2.88. The molecule has 2 aromatic rings. The van der Waals surface area contributed by atoms with Gasteiger partial charge in [0.25, 0.3) is 5.91 Å². The third-order valence-electron chi connectivity index (χ3n) is 3.44. The molecule has 2 heterocycles. The van der Waals surface area contributed by atoms with E-state index in [1.54, 1.807) is 35.1 Å². The van der Waals surface area contributed by atoms with E-state index in [0.29, 0.717) is 18.4 Å². The summed E-state index contributed by atoms with van der Waals surface area (Å²) < 4.78 is 1.72. The van der Waals surface area contributed by atoms with Gasteiger partial charge in [-0.15, -0.1) is 0 Å². The molecular formula is C16H21N3O3. The topological polar surface area (TPSA) is 83.7 Å². The number of nitrogens with one attached hydrogen (secondary N) is 1. The molecule has 0 fully saturated rings. The van der Waals surface area contributed by atoms with Gasteiger partial charge in [0.2, 0.25) is 0 Å². The molecule has 0 aliphatic heterocycles. The van der Waals surface area contributed by atoms with Crippen molar-refractivity contribution in [3.63, 3.8) is 0 Å². The van der Waals surface area contributed by atoms with Crippen LogP contribution >= 0.6 is 0 Å². The number of carboxylic acid groups (broad SMARTS) is 1. The van der Waals surface area contributed by atoms with Crippen LogP contribution in [-0.2, 0) is 4.79 Å². The van der Waals surface area contributed by atoms with Crippen molar-refractivity contribution in [2.45, 2.75) is 39.7 Å². The first-order valence-electron chi connectivity index (χ1n) is 7.23. The van der Waals surface area contributed by atoms with Crippen molar-refractivity contribution >= 4 is 17.5 Å². The third kappa shape index (κ3) is 4.07. The molecular weight excluding hydrogens is 282 g/mol. The van der Waals surface area contributed by atoms with E-state index in [1.807, 2.05) is 20.8 Å². The fourth-order valence-corrected chi connectivity index (χ4v) is 2.13. The highest BCUT2D eigenvalue weighted by Gasteiger charge is 2.23. The van der Waals surface area contributed by atoms with Gasteiger partial charge in [-0.2, -0.15) is 0 Å². The molecule has 0 saturated carbocycles. The Morgan fingerprint density at radius 1 is 1.36 bits per heavy atom. The van der Waals surface area contributed by atoms with Crippen LogP contribution < -0.4 is 5.32 Å². The smallest absolute Gasteiger partial charge is 0.326 e. The van der Waals surface area contributed by atoms with Gasteiger partial charge in [-0.1, -0.05) is 20.8 Å². The SMILES string of the molecule is CC(C)(C)CCC(NC(=O)c1ccc2nccn2c1)C(=O)O. The largest absolute Gasteiger partial charge is 0.480 e. The Labute approximate surface area is 129 Å². The number of pyridine rings is 1. The summed E-state index contributed by atoms with van der Waals surface area (Å²) in [6, 6.07) is 2.48. The lowest BCUT2D eigenvalue weighted by atomic mass is 9.88. The molecule has 0 aliphatic carbocycles. The highest BCUT2D eigenvalue weighted by Crippen LogP contribution is 2.21. The van der Waals surface area contributed by atoms with Crippen LogP contribution in [0.2, 0.25) is 0 Å². The maximum atomic E-state index is 12.2. The Morgan fingerprint density at radius 2 is 2.09 bits per heavy atom. The van der Waals surface area contributed by atoms with Crippen LogP contribution in [-0.4, -0.2) is 32.4 Å². The summed E-state index contributed by atoms with van der Waals surface area (Å²) in [7, 11) is 0. The molecule has 2 rings (SSSR count). The molecule has 0 bridgehead atoms. The molecule has 1 atom stereocenters. The first-order valence-corrected chi connectivity index (χ1v) is 7.23. The summed E-state index contributed by atoms with van der Waals surface area (Å²) >= 11 is 0. The predicted octanol–water partition coefficient (Wildman–Crippen LogP) is 2.34. The number of hydrogen-bond acceptors (Lipinski definition) is 3. The highest BCUT2D eigenvalue weighted by atomic mass is 16.4. The van der Waals surface area contributed by atoms with Crippen LogP contribution in [0.3, 0.4) is 0 Å². The number of nitrogens with zero attached hydrogens (tertiary/aromatic N) is 2. The minimum absolute atomic E-state index is 0.0220. The van der Waals surface area contributed by atoms with Crippen LogP contribution in [0.25, 0.3) is 5.65 Å². The molecule has 118 valence electrons. The van der Waals surface area contributed by atoms with E-state index in [-0.39, 0.29) is 5.41 Å². The van der Waals surface area contributed by atoms with E-state index >= 15 is 0 Å². The number of imidazole rings is 1. The molecule has 0 aliphatic rings. The van der Waals surface area contributed by atoms with Crippen molar-refractivity contribution in [2.75, 3.05) is 0 Å². The normalized spacial score (nSPS) is 13.0. The van der Waals surface area contributed by atoms with Crippen LogP contribution in [0.5, 0.6) is 0 Å². The number of fused-ring (bicyclic) bond motifs is 1. The predicted molar refractivity (Wildman–Crippen MR) is 82.8 cm³/mol. The number of aliphatic carboxylic acids is 1. The van der Waals surface area contributed by atoms with Gasteiger partial charge in [-0.25, -0.2) is 9.78 Å². The minimum atomic E-state index is -1.01. The lowest BCUT2D eigenvalue weighted by Crippen LogP contribution is -2.41. The Bertz CT molecular complexity index is 685. The van der Waals surface area contributed by atoms with Crippen molar-refractivity contribution in [1.82, 2.24) is 14.7 Å². The maximum Gasteiger partial charge on any atom is 0.326 e. The second-order valence-corrected chi connectivity index (χ2v) is 6.57. The van der Waals surface area contributed by atoms with Crippen molar-refractivity contribution in [3.05, 3.63) is 36.3 Å².